The van der Waals surface area contributed by atoms with Gasteiger partial charge in [0.2, 0.25) is 0 Å². The Morgan fingerprint density at radius 2 is 1.80 bits per heavy atom. The number of hydrogen-bond acceptors (Lipinski definition) is 4. The van der Waals surface area contributed by atoms with Gasteiger partial charge in [0.25, 0.3) is 10.2 Å². The van der Waals surface area contributed by atoms with Gasteiger partial charge in [-0.15, -0.1) is 0 Å². The summed E-state index contributed by atoms with van der Waals surface area (Å²) < 4.78 is 28.5. The molecule has 118 valence electrons. The summed E-state index contributed by atoms with van der Waals surface area (Å²) in [7, 11) is -3.45. The summed E-state index contributed by atoms with van der Waals surface area (Å²) in [5.41, 5.74) is 5.09. The summed E-state index contributed by atoms with van der Waals surface area (Å²) in [5.74, 6) is 0.150. The van der Waals surface area contributed by atoms with E-state index in [9.17, 15) is 8.42 Å². The van der Waals surface area contributed by atoms with Crippen LogP contribution in [-0.4, -0.2) is 61.2 Å². The zero-order valence-electron chi connectivity index (χ0n) is 12.8. The molecule has 0 aromatic carbocycles. The average Bonchev–Trinajstić information content (AvgIpc) is 2.27. The average molecular weight is 305 g/mol. The molecule has 0 aliphatic carbocycles. The molecule has 0 amide bonds. The molecular weight excluding hydrogens is 278 g/mol. The molecule has 20 heavy (non-hydrogen) atoms. The number of nitrogens with one attached hydrogen (secondary N) is 2. The SMILES string of the molecule is CCC(C(=N)N)N1CCN(S(=O)(=O)NC(C)(C)C)CC1. The summed E-state index contributed by atoms with van der Waals surface area (Å²) in [6.07, 6.45) is 0.766. The van der Waals surface area contributed by atoms with Gasteiger partial charge in [0.15, 0.2) is 0 Å². The van der Waals surface area contributed by atoms with Gasteiger partial charge in [0.1, 0.15) is 5.84 Å². The lowest BCUT2D eigenvalue weighted by Crippen LogP contribution is -2.58. The minimum absolute atomic E-state index is 0.0876. The summed E-state index contributed by atoms with van der Waals surface area (Å²) in [5, 5.41) is 7.57. The molecule has 0 saturated carbocycles. The second-order valence-corrected chi connectivity index (χ2v) is 7.84. The largest absolute Gasteiger partial charge is 0.386 e. The van der Waals surface area contributed by atoms with Gasteiger partial charge in [-0.3, -0.25) is 10.3 Å². The lowest BCUT2D eigenvalue weighted by atomic mass is 10.1. The molecule has 0 aromatic heterocycles. The third-order valence-electron chi connectivity index (χ3n) is 3.23. The first-order chi connectivity index (χ1) is 9.07. The quantitative estimate of drug-likeness (QED) is 0.489. The molecule has 1 heterocycles. The van der Waals surface area contributed by atoms with E-state index in [1.807, 2.05) is 27.7 Å². The van der Waals surface area contributed by atoms with Crippen LogP contribution < -0.4 is 10.5 Å². The minimum Gasteiger partial charge on any atom is -0.386 e. The van der Waals surface area contributed by atoms with Crippen LogP contribution in [-0.2, 0) is 10.2 Å². The van der Waals surface area contributed by atoms with E-state index < -0.39 is 15.7 Å². The molecule has 0 radical (unpaired) electrons. The Bertz CT molecular complexity index is 435. The van der Waals surface area contributed by atoms with Gasteiger partial charge in [-0.25, -0.2) is 0 Å². The van der Waals surface area contributed by atoms with Gasteiger partial charge in [0.05, 0.1) is 6.04 Å². The summed E-state index contributed by atoms with van der Waals surface area (Å²) in [6, 6.07) is -0.0876. The Morgan fingerprint density at radius 1 is 1.30 bits per heavy atom. The van der Waals surface area contributed by atoms with E-state index in [-0.39, 0.29) is 11.9 Å². The molecule has 1 fully saturated rings. The predicted molar refractivity (Wildman–Crippen MR) is 80.9 cm³/mol. The molecule has 1 atom stereocenters. The number of nitrogens with two attached hydrogens (primary N) is 1. The Labute approximate surface area is 122 Å². The highest BCUT2D eigenvalue weighted by Crippen LogP contribution is 2.13. The van der Waals surface area contributed by atoms with E-state index in [4.69, 9.17) is 11.1 Å². The van der Waals surface area contributed by atoms with Gasteiger partial charge < -0.3 is 5.73 Å². The molecule has 0 bridgehead atoms. The Morgan fingerprint density at radius 3 is 2.15 bits per heavy atom. The van der Waals surface area contributed by atoms with Crippen LogP contribution in [0.4, 0.5) is 0 Å². The van der Waals surface area contributed by atoms with Gasteiger partial charge in [-0.2, -0.15) is 17.4 Å². The van der Waals surface area contributed by atoms with Crippen molar-refractivity contribution in [2.45, 2.75) is 45.7 Å². The van der Waals surface area contributed by atoms with E-state index in [0.717, 1.165) is 6.42 Å². The molecule has 0 aromatic rings. The molecule has 1 unspecified atom stereocenters. The number of rotatable bonds is 5. The van der Waals surface area contributed by atoms with E-state index in [2.05, 4.69) is 9.62 Å². The standard InChI is InChI=1S/C12H27N5O2S/c1-5-10(11(13)14)16-6-8-17(9-7-16)20(18,19)15-12(2,3)4/h10,15H,5-9H2,1-4H3,(H3,13,14). The molecule has 1 aliphatic heterocycles. The highest BCUT2D eigenvalue weighted by molar-refractivity contribution is 7.87. The molecule has 1 aliphatic rings. The third kappa shape index (κ3) is 4.69. The number of amidine groups is 1. The van der Waals surface area contributed by atoms with Crippen molar-refractivity contribution in [2.75, 3.05) is 26.2 Å². The maximum atomic E-state index is 12.2. The fraction of sp³-hybridized carbons (Fsp3) is 0.917. The predicted octanol–water partition coefficient (Wildman–Crippen LogP) is -0.0485. The Balaban J connectivity index is 2.64. The summed E-state index contributed by atoms with van der Waals surface area (Å²) in [6.45, 7) is 9.50. The van der Waals surface area contributed by atoms with Crippen LogP contribution >= 0.6 is 0 Å². The second kappa shape index (κ2) is 6.38. The van der Waals surface area contributed by atoms with Crippen LogP contribution in [0, 0.1) is 5.41 Å². The van der Waals surface area contributed by atoms with Crippen molar-refractivity contribution in [2.24, 2.45) is 5.73 Å². The molecule has 1 rings (SSSR count). The van der Waals surface area contributed by atoms with Crippen LogP contribution in [0.1, 0.15) is 34.1 Å². The Hall–Kier alpha value is -0.700. The molecule has 0 spiro atoms. The van der Waals surface area contributed by atoms with Crippen LogP contribution in [0.3, 0.4) is 0 Å². The number of hydrogen-bond donors (Lipinski definition) is 3. The van der Waals surface area contributed by atoms with Crippen molar-refractivity contribution >= 4 is 16.0 Å². The van der Waals surface area contributed by atoms with Gasteiger partial charge >= 0.3 is 0 Å². The zero-order chi connectivity index (χ0) is 15.6. The first-order valence-electron chi connectivity index (χ1n) is 6.94. The minimum atomic E-state index is -3.45. The van der Waals surface area contributed by atoms with E-state index >= 15 is 0 Å². The highest BCUT2D eigenvalue weighted by Gasteiger charge is 2.32. The van der Waals surface area contributed by atoms with Crippen LogP contribution in [0.25, 0.3) is 0 Å². The lowest BCUT2D eigenvalue weighted by Gasteiger charge is -2.38. The second-order valence-electron chi connectivity index (χ2n) is 6.17. The van der Waals surface area contributed by atoms with Gasteiger partial charge in [0, 0.05) is 31.7 Å². The first-order valence-corrected chi connectivity index (χ1v) is 8.38. The number of nitrogens with zero attached hydrogens (tertiary/aromatic N) is 2. The normalized spacial score (nSPS) is 20.8. The topological polar surface area (TPSA) is 103 Å². The summed E-state index contributed by atoms with van der Waals surface area (Å²) in [4.78, 5) is 2.07. The van der Waals surface area contributed by atoms with Crippen molar-refractivity contribution in [3.05, 3.63) is 0 Å². The van der Waals surface area contributed by atoms with E-state index in [1.165, 1.54) is 4.31 Å². The van der Waals surface area contributed by atoms with E-state index in [1.54, 1.807) is 0 Å². The zero-order valence-corrected chi connectivity index (χ0v) is 13.6. The molecule has 7 nitrogen and oxygen atoms in total. The van der Waals surface area contributed by atoms with Crippen molar-refractivity contribution in [3.63, 3.8) is 0 Å². The fourth-order valence-electron chi connectivity index (χ4n) is 2.38. The van der Waals surface area contributed by atoms with Gasteiger partial charge in [-0.1, -0.05) is 6.92 Å². The van der Waals surface area contributed by atoms with Crippen molar-refractivity contribution in [1.29, 1.82) is 5.41 Å². The van der Waals surface area contributed by atoms with Crippen LogP contribution in [0.2, 0.25) is 0 Å². The maximum Gasteiger partial charge on any atom is 0.280 e. The Kier molecular flexibility index (Phi) is 5.54. The summed E-state index contributed by atoms with van der Waals surface area (Å²) >= 11 is 0. The van der Waals surface area contributed by atoms with Gasteiger partial charge in [-0.05, 0) is 27.2 Å². The van der Waals surface area contributed by atoms with Crippen molar-refractivity contribution in [3.8, 4) is 0 Å². The lowest BCUT2D eigenvalue weighted by molar-refractivity contribution is 0.162. The monoisotopic (exact) mass is 305 g/mol. The highest BCUT2D eigenvalue weighted by atomic mass is 32.2. The molecule has 8 heteroatoms. The van der Waals surface area contributed by atoms with Crippen molar-refractivity contribution < 1.29 is 8.42 Å². The molecule has 4 N–H and O–H groups in total. The molecule has 1 saturated heterocycles. The van der Waals surface area contributed by atoms with Crippen LogP contribution in [0.5, 0.6) is 0 Å². The molecular formula is C12H27N5O2S. The maximum absolute atomic E-state index is 12.2. The third-order valence-corrected chi connectivity index (χ3v) is 5.15. The van der Waals surface area contributed by atoms with Crippen molar-refractivity contribution in [1.82, 2.24) is 13.9 Å². The number of piperazine rings is 1. The van der Waals surface area contributed by atoms with E-state index in [0.29, 0.717) is 26.2 Å². The fourth-order valence-corrected chi connectivity index (χ4v) is 3.93. The first kappa shape index (κ1) is 17.4. The van der Waals surface area contributed by atoms with Crippen LogP contribution in [0.15, 0.2) is 0 Å². The smallest absolute Gasteiger partial charge is 0.280 e.